The molecule has 2 aromatic heterocycles. The van der Waals surface area contributed by atoms with Gasteiger partial charge in [0.05, 0.1) is 10.2 Å². The molecule has 0 spiro atoms. The van der Waals surface area contributed by atoms with Crippen molar-refractivity contribution in [3.63, 3.8) is 0 Å². The van der Waals surface area contributed by atoms with E-state index in [4.69, 9.17) is 0 Å². The van der Waals surface area contributed by atoms with Crippen LogP contribution in [0, 0.1) is 0 Å². The van der Waals surface area contributed by atoms with E-state index in [1.807, 2.05) is 54.9 Å². The zero-order valence-corrected chi connectivity index (χ0v) is 12.4. The van der Waals surface area contributed by atoms with Crippen LogP contribution in [0.3, 0.4) is 0 Å². The number of thiazole rings is 1. The second-order valence-corrected chi connectivity index (χ2v) is 5.85. The highest BCUT2D eigenvalue weighted by Crippen LogP contribution is 2.28. The predicted octanol–water partition coefficient (Wildman–Crippen LogP) is 4.50. The lowest BCUT2D eigenvalue weighted by atomic mass is 10.1. The van der Waals surface area contributed by atoms with Gasteiger partial charge in [0, 0.05) is 23.6 Å². The molecule has 4 nitrogen and oxygen atoms in total. The monoisotopic (exact) mass is 304 g/mol. The van der Waals surface area contributed by atoms with Gasteiger partial charge in [0.25, 0.3) is 0 Å². The average molecular weight is 304 g/mol. The number of para-hydroxylation sites is 1. The Balaban J connectivity index is 1.58. The van der Waals surface area contributed by atoms with Crippen LogP contribution >= 0.6 is 11.3 Å². The number of fused-ring (bicyclic) bond motifs is 1. The number of hydrogen-bond acceptors (Lipinski definition) is 5. The van der Waals surface area contributed by atoms with Crippen molar-refractivity contribution < 1.29 is 0 Å². The molecular weight excluding hydrogens is 292 g/mol. The van der Waals surface area contributed by atoms with Crippen LogP contribution in [0.2, 0.25) is 0 Å². The molecule has 4 rings (SSSR count). The van der Waals surface area contributed by atoms with Gasteiger partial charge in [-0.05, 0) is 29.8 Å². The predicted molar refractivity (Wildman–Crippen MR) is 90.4 cm³/mol. The van der Waals surface area contributed by atoms with Gasteiger partial charge in [-0.3, -0.25) is 0 Å². The molecule has 22 heavy (non-hydrogen) atoms. The minimum Gasteiger partial charge on any atom is -0.332 e. The summed E-state index contributed by atoms with van der Waals surface area (Å²) in [6, 6.07) is 16.3. The molecule has 0 saturated carbocycles. The number of benzene rings is 2. The highest BCUT2D eigenvalue weighted by atomic mass is 32.1. The summed E-state index contributed by atoms with van der Waals surface area (Å²) < 4.78 is 1.18. The first-order chi connectivity index (χ1) is 10.9. The van der Waals surface area contributed by atoms with E-state index in [2.05, 4.69) is 26.3 Å². The molecule has 0 amide bonds. The van der Waals surface area contributed by atoms with Crippen molar-refractivity contribution in [3.8, 4) is 11.1 Å². The van der Waals surface area contributed by atoms with Crippen LogP contribution in [0.15, 0.2) is 67.3 Å². The Labute approximate surface area is 131 Å². The third-order valence-electron chi connectivity index (χ3n) is 3.32. The van der Waals surface area contributed by atoms with Crippen LogP contribution in [0.4, 0.5) is 10.8 Å². The van der Waals surface area contributed by atoms with Crippen molar-refractivity contribution in [2.75, 3.05) is 5.32 Å². The SMILES string of the molecule is c1ccc2sc(Nc3ccc(-c4cncnc4)cc3)nc2c1. The molecule has 4 aromatic rings. The summed E-state index contributed by atoms with van der Waals surface area (Å²) in [7, 11) is 0. The fourth-order valence-electron chi connectivity index (χ4n) is 2.24. The molecule has 0 atom stereocenters. The van der Waals surface area contributed by atoms with E-state index in [1.165, 1.54) is 11.0 Å². The Morgan fingerprint density at radius 3 is 2.36 bits per heavy atom. The van der Waals surface area contributed by atoms with Crippen molar-refractivity contribution in [1.82, 2.24) is 15.0 Å². The number of hydrogen-bond donors (Lipinski definition) is 1. The lowest BCUT2D eigenvalue weighted by molar-refractivity contribution is 1.17. The Morgan fingerprint density at radius 1 is 0.818 bits per heavy atom. The van der Waals surface area contributed by atoms with Crippen LogP contribution in [-0.2, 0) is 0 Å². The first kappa shape index (κ1) is 12.9. The Morgan fingerprint density at radius 2 is 1.59 bits per heavy atom. The molecule has 0 aliphatic rings. The maximum absolute atomic E-state index is 4.58. The lowest BCUT2D eigenvalue weighted by Gasteiger charge is -2.04. The van der Waals surface area contributed by atoms with Gasteiger partial charge in [-0.25, -0.2) is 15.0 Å². The van der Waals surface area contributed by atoms with Crippen molar-refractivity contribution >= 4 is 32.4 Å². The normalized spacial score (nSPS) is 10.7. The summed E-state index contributed by atoms with van der Waals surface area (Å²) >= 11 is 1.65. The Bertz CT molecular complexity index is 868. The van der Waals surface area contributed by atoms with Crippen molar-refractivity contribution in [2.24, 2.45) is 0 Å². The van der Waals surface area contributed by atoms with E-state index in [1.54, 1.807) is 11.3 Å². The standard InChI is InChI=1S/C17H12N4S/c1-2-4-16-15(3-1)21-17(22-16)20-14-7-5-12(6-8-14)13-9-18-11-19-10-13/h1-11H,(H,20,21). The summed E-state index contributed by atoms with van der Waals surface area (Å²) in [5.41, 5.74) is 4.14. The van der Waals surface area contributed by atoms with E-state index >= 15 is 0 Å². The van der Waals surface area contributed by atoms with Gasteiger partial charge < -0.3 is 5.32 Å². The van der Waals surface area contributed by atoms with E-state index in [0.717, 1.165) is 27.5 Å². The van der Waals surface area contributed by atoms with Gasteiger partial charge in [-0.2, -0.15) is 0 Å². The van der Waals surface area contributed by atoms with Crippen LogP contribution in [-0.4, -0.2) is 15.0 Å². The van der Waals surface area contributed by atoms with E-state index in [0.29, 0.717) is 0 Å². The van der Waals surface area contributed by atoms with Gasteiger partial charge in [-0.1, -0.05) is 35.6 Å². The molecule has 2 heterocycles. The smallest absolute Gasteiger partial charge is 0.188 e. The molecule has 0 bridgehead atoms. The summed E-state index contributed by atoms with van der Waals surface area (Å²) in [5.74, 6) is 0. The second-order valence-electron chi connectivity index (χ2n) is 4.82. The molecule has 0 unspecified atom stereocenters. The zero-order valence-electron chi connectivity index (χ0n) is 11.6. The molecule has 0 fully saturated rings. The summed E-state index contributed by atoms with van der Waals surface area (Å²) in [4.78, 5) is 12.7. The van der Waals surface area contributed by atoms with Crippen molar-refractivity contribution in [3.05, 3.63) is 67.3 Å². The van der Waals surface area contributed by atoms with Crippen LogP contribution in [0.5, 0.6) is 0 Å². The number of anilines is 2. The highest BCUT2D eigenvalue weighted by molar-refractivity contribution is 7.22. The topological polar surface area (TPSA) is 50.7 Å². The van der Waals surface area contributed by atoms with Crippen LogP contribution in [0.25, 0.3) is 21.3 Å². The van der Waals surface area contributed by atoms with E-state index in [-0.39, 0.29) is 0 Å². The molecule has 1 N–H and O–H groups in total. The molecule has 0 radical (unpaired) electrons. The van der Waals surface area contributed by atoms with E-state index in [9.17, 15) is 0 Å². The highest BCUT2D eigenvalue weighted by Gasteiger charge is 2.04. The van der Waals surface area contributed by atoms with Gasteiger partial charge in [-0.15, -0.1) is 0 Å². The molecule has 106 valence electrons. The second kappa shape index (κ2) is 5.54. The van der Waals surface area contributed by atoms with Gasteiger partial charge in [0.2, 0.25) is 0 Å². The van der Waals surface area contributed by atoms with Crippen LogP contribution < -0.4 is 5.32 Å². The third kappa shape index (κ3) is 2.54. The quantitative estimate of drug-likeness (QED) is 0.605. The fourth-order valence-corrected chi connectivity index (χ4v) is 3.13. The minimum absolute atomic E-state index is 0.900. The minimum atomic E-state index is 0.900. The maximum atomic E-state index is 4.58. The molecule has 5 heteroatoms. The summed E-state index contributed by atoms with van der Waals surface area (Å²) in [6.07, 6.45) is 5.15. The largest absolute Gasteiger partial charge is 0.332 e. The zero-order chi connectivity index (χ0) is 14.8. The molecule has 0 aliphatic heterocycles. The first-order valence-corrected chi connectivity index (χ1v) is 7.68. The third-order valence-corrected chi connectivity index (χ3v) is 4.28. The molecule has 0 saturated heterocycles. The van der Waals surface area contributed by atoms with Gasteiger partial charge in [0.1, 0.15) is 6.33 Å². The number of aromatic nitrogens is 3. The molecular formula is C17H12N4S. The molecule has 0 aliphatic carbocycles. The summed E-state index contributed by atoms with van der Waals surface area (Å²) in [5, 5.41) is 4.25. The number of nitrogens with one attached hydrogen (secondary N) is 1. The molecule has 2 aromatic carbocycles. The summed E-state index contributed by atoms with van der Waals surface area (Å²) in [6.45, 7) is 0. The average Bonchev–Trinajstić information content (AvgIpc) is 2.98. The van der Waals surface area contributed by atoms with Crippen molar-refractivity contribution in [1.29, 1.82) is 0 Å². The van der Waals surface area contributed by atoms with E-state index < -0.39 is 0 Å². The number of nitrogens with zero attached hydrogens (tertiary/aromatic N) is 3. The van der Waals surface area contributed by atoms with Crippen molar-refractivity contribution in [2.45, 2.75) is 0 Å². The lowest BCUT2D eigenvalue weighted by Crippen LogP contribution is -1.89. The first-order valence-electron chi connectivity index (χ1n) is 6.86. The number of rotatable bonds is 3. The maximum Gasteiger partial charge on any atom is 0.188 e. The van der Waals surface area contributed by atoms with Crippen LogP contribution in [0.1, 0.15) is 0 Å². The fraction of sp³-hybridized carbons (Fsp3) is 0. The van der Waals surface area contributed by atoms with Gasteiger partial charge >= 0.3 is 0 Å². The Kier molecular flexibility index (Phi) is 3.25. The van der Waals surface area contributed by atoms with Gasteiger partial charge in [0.15, 0.2) is 5.13 Å². The Hall–Kier alpha value is -2.79.